The van der Waals surface area contributed by atoms with Gasteiger partial charge in [-0.2, -0.15) is 0 Å². The fourth-order valence-corrected chi connectivity index (χ4v) is 1.81. The largest absolute Gasteiger partial charge is 0.473 e. The first-order chi connectivity index (χ1) is 9.55. The minimum atomic E-state index is -3.09. The van der Waals surface area contributed by atoms with Crippen molar-refractivity contribution in [2.75, 3.05) is 19.8 Å². The standard InChI is InChI=1S/C10H16N2O2S.C2H2O4/c1-9(8-12(2)15(3,13)14)10-4-6-11-7-5-10;3-1(4)2(5)6/h4-7,9H,8H2,1-3H3;(H,3,4)(H,5,6). The fraction of sp³-hybridized carbons (Fsp3) is 0.417. The quantitative estimate of drug-likeness (QED) is 0.761. The summed E-state index contributed by atoms with van der Waals surface area (Å²) in [5.74, 6) is -3.47. The Morgan fingerprint density at radius 2 is 1.67 bits per heavy atom. The average Bonchev–Trinajstić information content (AvgIpc) is 2.39. The highest BCUT2D eigenvalue weighted by atomic mass is 32.2. The average molecular weight is 318 g/mol. The summed E-state index contributed by atoms with van der Waals surface area (Å²) >= 11 is 0. The number of pyridine rings is 1. The summed E-state index contributed by atoms with van der Waals surface area (Å²) in [6.07, 6.45) is 4.64. The zero-order valence-corrected chi connectivity index (χ0v) is 12.7. The fourth-order valence-electron chi connectivity index (χ4n) is 1.32. The molecule has 8 nitrogen and oxygen atoms in total. The van der Waals surface area contributed by atoms with E-state index in [9.17, 15) is 8.42 Å². The highest BCUT2D eigenvalue weighted by Crippen LogP contribution is 2.15. The van der Waals surface area contributed by atoms with Gasteiger partial charge in [0.1, 0.15) is 0 Å². The number of hydrogen-bond donors (Lipinski definition) is 2. The van der Waals surface area contributed by atoms with Crippen molar-refractivity contribution >= 4 is 22.0 Å². The summed E-state index contributed by atoms with van der Waals surface area (Å²) in [6, 6.07) is 3.81. The maximum atomic E-state index is 11.2. The predicted molar refractivity (Wildman–Crippen MR) is 75.4 cm³/mol. The van der Waals surface area contributed by atoms with Crippen molar-refractivity contribution in [1.29, 1.82) is 0 Å². The number of carboxylic acids is 2. The summed E-state index contributed by atoms with van der Waals surface area (Å²) in [4.78, 5) is 22.1. The number of likely N-dealkylation sites (N-methyl/N-ethyl adjacent to an activating group) is 1. The van der Waals surface area contributed by atoms with Crippen LogP contribution in [-0.2, 0) is 19.6 Å². The van der Waals surface area contributed by atoms with Crippen molar-refractivity contribution in [2.45, 2.75) is 12.8 Å². The van der Waals surface area contributed by atoms with Gasteiger partial charge in [0.2, 0.25) is 10.0 Å². The number of hydrogen-bond acceptors (Lipinski definition) is 5. The molecule has 0 aliphatic carbocycles. The molecule has 1 atom stereocenters. The van der Waals surface area contributed by atoms with Crippen LogP contribution in [0.2, 0.25) is 0 Å². The highest BCUT2D eigenvalue weighted by Gasteiger charge is 2.15. The molecule has 0 saturated heterocycles. The molecule has 21 heavy (non-hydrogen) atoms. The molecule has 0 amide bonds. The lowest BCUT2D eigenvalue weighted by Crippen LogP contribution is -2.29. The van der Waals surface area contributed by atoms with Gasteiger partial charge in [0.15, 0.2) is 0 Å². The molecular formula is C12H18N2O6S. The van der Waals surface area contributed by atoms with E-state index in [0.29, 0.717) is 6.54 Å². The molecule has 1 rings (SSSR count). The topological polar surface area (TPSA) is 125 Å². The zero-order chi connectivity index (χ0) is 16.6. The summed E-state index contributed by atoms with van der Waals surface area (Å²) in [5.41, 5.74) is 1.10. The molecule has 1 aromatic heterocycles. The zero-order valence-electron chi connectivity index (χ0n) is 11.9. The Kier molecular flexibility index (Phi) is 7.53. The third-order valence-electron chi connectivity index (χ3n) is 2.56. The van der Waals surface area contributed by atoms with E-state index in [1.807, 2.05) is 19.1 Å². The predicted octanol–water partition coefficient (Wildman–Crippen LogP) is 0.232. The Hall–Kier alpha value is -2.00. The van der Waals surface area contributed by atoms with Crippen molar-refractivity contribution in [3.8, 4) is 0 Å². The van der Waals surface area contributed by atoms with Gasteiger partial charge in [0.05, 0.1) is 6.26 Å². The van der Waals surface area contributed by atoms with Crippen LogP contribution in [0.4, 0.5) is 0 Å². The first-order valence-electron chi connectivity index (χ1n) is 5.83. The summed E-state index contributed by atoms with van der Waals surface area (Å²) in [6.45, 7) is 2.49. The molecule has 1 heterocycles. The van der Waals surface area contributed by atoms with Crippen LogP contribution in [0.3, 0.4) is 0 Å². The molecule has 0 bridgehead atoms. The summed E-state index contributed by atoms with van der Waals surface area (Å²) in [5, 5.41) is 14.8. The maximum absolute atomic E-state index is 11.2. The number of rotatable bonds is 4. The number of carboxylic acid groups (broad SMARTS) is 2. The molecule has 0 radical (unpaired) electrons. The molecule has 2 N–H and O–H groups in total. The Morgan fingerprint density at radius 1 is 1.24 bits per heavy atom. The third-order valence-corrected chi connectivity index (χ3v) is 3.84. The molecule has 0 spiro atoms. The molecule has 9 heteroatoms. The molecule has 1 unspecified atom stereocenters. The van der Waals surface area contributed by atoms with Gasteiger partial charge in [-0.25, -0.2) is 22.3 Å². The van der Waals surface area contributed by atoms with E-state index in [1.54, 1.807) is 19.4 Å². The van der Waals surface area contributed by atoms with Gasteiger partial charge in [-0.15, -0.1) is 0 Å². The first kappa shape index (κ1) is 19.0. The SMILES string of the molecule is CC(CN(C)S(C)(=O)=O)c1ccncc1.O=C(O)C(=O)O. The van der Waals surface area contributed by atoms with E-state index in [-0.39, 0.29) is 5.92 Å². The lowest BCUT2D eigenvalue weighted by atomic mass is 10.0. The molecule has 0 aliphatic heterocycles. The Morgan fingerprint density at radius 3 is 2.00 bits per heavy atom. The van der Waals surface area contributed by atoms with Gasteiger partial charge >= 0.3 is 11.9 Å². The first-order valence-corrected chi connectivity index (χ1v) is 7.68. The van der Waals surface area contributed by atoms with Gasteiger partial charge in [-0.1, -0.05) is 6.92 Å². The third kappa shape index (κ3) is 8.00. The van der Waals surface area contributed by atoms with Gasteiger partial charge < -0.3 is 10.2 Å². The normalized spacial score (nSPS) is 12.2. The second-order valence-corrected chi connectivity index (χ2v) is 6.42. The van der Waals surface area contributed by atoms with Crippen LogP contribution < -0.4 is 0 Å². The van der Waals surface area contributed by atoms with Crippen molar-refractivity contribution in [2.24, 2.45) is 0 Å². The van der Waals surface area contributed by atoms with E-state index in [2.05, 4.69) is 4.98 Å². The smallest absolute Gasteiger partial charge is 0.414 e. The van der Waals surface area contributed by atoms with E-state index in [4.69, 9.17) is 19.8 Å². The van der Waals surface area contributed by atoms with Crippen LogP contribution in [0, 0.1) is 0 Å². The van der Waals surface area contributed by atoms with Crippen molar-refractivity contribution in [3.05, 3.63) is 30.1 Å². The molecule has 0 fully saturated rings. The van der Waals surface area contributed by atoms with E-state index in [0.717, 1.165) is 5.56 Å². The summed E-state index contributed by atoms with van der Waals surface area (Å²) in [7, 11) is -1.50. The second kappa shape index (κ2) is 8.32. The number of sulfonamides is 1. The van der Waals surface area contributed by atoms with Gasteiger partial charge in [-0.05, 0) is 23.6 Å². The van der Waals surface area contributed by atoms with Crippen LogP contribution in [0.15, 0.2) is 24.5 Å². The summed E-state index contributed by atoms with van der Waals surface area (Å²) < 4.78 is 23.8. The van der Waals surface area contributed by atoms with Crippen LogP contribution in [-0.4, -0.2) is 59.7 Å². The molecule has 118 valence electrons. The molecule has 0 aromatic carbocycles. The Balaban J connectivity index is 0.000000567. The van der Waals surface area contributed by atoms with Gasteiger partial charge in [-0.3, -0.25) is 4.98 Å². The lowest BCUT2D eigenvalue weighted by Gasteiger charge is -2.19. The van der Waals surface area contributed by atoms with Crippen molar-refractivity contribution in [1.82, 2.24) is 9.29 Å². The van der Waals surface area contributed by atoms with E-state index in [1.165, 1.54) is 10.6 Å². The minimum absolute atomic E-state index is 0.174. The molecule has 1 aromatic rings. The van der Waals surface area contributed by atoms with Gasteiger partial charge in [0, 0.05) is 26.0 Å². The number of aromatic nitrogens is 1. The molecule has 0 saturated carbocycles. The monoisotopic (exact) mass is 318 g/mol. The van der Waals surface area contributed by atoms with Crippen LogP contribution in [0.1, 0.15) is 18.4 Å². The minimum Gasteiger partial charge on any atom is -0.473 e. The lowest BCUT2D eigenvalue weighted by molar-refractivity contribution is -0.159. The van der Waals surface area contributed by atoms with Gasteiger partial charge in [0.25, 0.3) is 0 Å². The van der Waals surface area contributed by atoms with Crippen LogP contribution in [0.5, 0.6) is 0 Å². The number of aliphatic carboxylic acids is 2. The van der Waals surface area contributed by atoms with E-state index < -0.39 is 22.0 Å². The Bertz CT molecular complexity index is 561. The van der Waals surface area contributed by atoms with E-state index >= 15 is 0 Å². The molecular weight excluding hydrogens is 300 g/mol. The number of nitrogens with zero attached hydrogens (tertiary/aromatic N) is 2. The van der Waals surface area contributed by atoms with Crippen molar-refractivity contribution < 1.29 is 28.2 Å². The second-order valence-electron chi connectivity index (χ2n) is 4.34. The number of carbonyl (C=O) groups is 2. The van der Waals surface area contributed by atoms with Crippen LogP contribution >= 0.6 is 0 Å². The molecule has 0 aliphatic rings. The van der Waals surface area contributed by atoms with Crippen molar-refractivity contribution in [3.63, 3.8) is 0 Å². The maximum Gasteiger partial charge on any atom is 0.414 e. The Labute approximate surface area is 123 Å². The van der Waals surface area contributed by atoms with Crippen LogP contribution in [0.25, 0.3) is 0 Å². The highest BCUT2D eigenvalue weighted by molar-refractivity contribution is 7.88.